The highest BCUT2D eigenvalue weighted by molar-refractivity contribution is 5.81. The fourth-order valence-electron chi connectivity index (χ4n) is 2.84. The molecule has 0 aliphatic rings. The summed E-state index contributed by atoms with van der Waals surface area (Å²) in [6.45, 7) is 0.226. The first-order valence-electron chi connectivity index (χ1n) is 8.71. The average molecular weight is 368 g/mol. The van der Waals surface area contributed by atoms with Crippen LogP contribution in [0.25, 0.3) is 11.0 Å². The Morgan fingerprint density at radius 2 is 1.93 bits per heavy atom. The third kappa shape index (κ3) is 4.74. The van der Waals surface area contributed by atoms with E-state index in [1.54, 1.807) is 13.2 Å². The number of benzene rings is 2. The topological polar surface area (TPSA) is 93.4 Å². The number of ether oxygens (including phenoxy) is 2. The zero-order chi connectivity index (χ0) is 19.2. The molecule has 0 amide bonds. The number of hydrogen-bond donors (Lipinski definition) is 1. The molecule has 3 N–H and O–H groups in total. The zero-order valence-corrected chi connectivity index (χ0v) is 15.1. The lowest BCUT2D eigenvalue weighted by Gasteiger charge is -2.10. The molecular weight excluding hydrogens is 346 g/mol. The van der Waals surface area contributed by atoms with Crippen LogP contribution in [0.5, 0.6) is 5.75 Å². The molecule has 140 valence electrons. The highest BCUT2D eigenvalue weighted by Gasteiger charge is 2.20. The number of fused-ring (bicyclic) bond motifs is 1. The van der Waals surface area contributed by atoms with Gasteiger partial charge in [-0.15, -0.1) is 0 Å². The molecule has 0 saturated carbocycles. The first-order valence-corrected chi connectivity index (χ1v) is 8.71. The third-order valence-electron chi connectivity index (χ3n) is 4.36. The van der Waals surface area contributed by atoms with Gasteiger partial charge in [-0.3, -0.25) is 0 Å². The van der Waals surface area contributed by atoms with Crippen molar-refractivity contribution >= 4 is 16.9 Å². The summed E-state index contributed by atoms with van der Waals surface area (Å²) in [5, 5.41) is 0.820. The van der Waals surface area contributed by atoms with Crippen LogP contribution in [0.4, 0.5) is 0 Å². The number of carbonyl (C=O) groups excluding carboxylic acids is 1. The molecule has 1 atom stereocenters. The van der Waals surface area contributed by atoms with Gasteiger partial charge in [0.15, 0.2) is 6.04 Å². The summed E-state index contributed by atoms with van der Waals surface area (Å²) in [5.41, 5.74) is 5.67. The summed E-state index contributed by atoms with van der Waals surface area (Å²) >= 11 is 0. The second-order valence-electron chi connectivity index (χ2n) is 6.28. The van der Waals surface area contributed by atoms with Gasteiger partial charge in [0, 0.05) is 23.9 Å². The van der Waals surface area contributed by atoms with E-state index in [2.05, 4.69) is 5.73 Å². The predicted molar refractivity (Wildman–Crippen MR) is 100 cm³/mol. The number of esters is 1. The number of rotatable bonds is 7. The van der Waals surface area contributed by atoms with Crippen molar-refractivity contribution in [1.82, 2.24) is 0 Å². The summed E-state index contributed by atoms with van der Waals surface area (Å²) in [6.07, 6.45) is 0.987. The fourth-order valence-corrected chi connectivity index (χ4v) is 2.84. The van der Waals surface area contributed by atoms with Gasteiger partial charge >= 0.3 is 11.6 Å². The van der Waals surface area contributed by atoms with E-state index in [1.807, 2.05) is 42.5 Å². The first kappa shape index (κ1) is 18.7. The zero-order valence-electron chi connectivity index (χ0n) is 15.1. The molecule has 0 radical (unpaired) electrons. The van der Waals surface area contributed by atoms with Gasteiger partial charge in [0.1, 0.15) is 17.9 Å². The molecule has 2 aromatic carbocycles. The van der Waals surface area contributed by atoms with Gasteiger partial charge in [0.2, 0.25) is 0 Å². The minimum Gasteiger partial charge on any atom is -0.497 e. The van der Waals surface area contributed by atoms with Gasteiger partial charge in [0.05, 0.1) is 7.11 Å². The average Bonchev–Trinajstić information content (AvgIpc) is 2.70. The Balaban J connectivity index is 1.65. The molecule has 1 heterocycles. The molecule has 6 nitrogen and oxygen atoms in total. The molecule has 0 aliphatic heterocycles. The van der Waals surface area contributed by atoms with Gasteiger partial charge in [-0.1, -0.05) is 30.3 Å². The summed E-state index contributed by atoms with van der Waals surface area (Å²) in [4.78, 5) is 24.0. The third-order valence-corrected chi connectivity index (χ3v) is 4.36. The highest BCUT2D eigenvalue weighted by atomic mass is 16.5. The quantitative estimate of drug-likeness (QED) is 0.509. The monoisotopic (exact) mass is 368 g/mol. The van der Waals surface area contributed by atoms with Crippen LogP contribution >= 0.6 is 0 Å². The standard InChI is InChI=1S/C21H21NO5/c1-25-16-8-9-17-15(11-20(23)27-19(17)12-16)7-10-18(22)21(24)26-13-14-5-3-2-4-6-14/h2-6,8-9,11-12,18H,7,10,13,22H2,1H3/p+1/t18-/m0/s1. The van der Waals surface area contributed by atoms with Crippen LogP contribution in [-0.4, -0.2) is 19.1 Å². The molecule has 27 heavy (non-hydrogen) atoms. The molecule has 0 bridgehead atoms. The van der Waals surface area contributed by atoms with Gasteiger partial charge < -0.3 is 19.6 Å². The molecule has 6 heteroatoms. The maximum atomic E-state index is 12.2. The number of methoxy groups -OCH3 is 1. The van der Waals surface area contributed by atoms with Crippen molar-refractivity contribution in [1.29, 1.82) is 0 Å². The number of carbonyl (C=O) groups is 1. The van der Waals surface area contributed by atoms with E-state index in [9.17, 15) is 9.59 Å². The Kier molecular flexibility index (Phi) is 5.88. The maximum absolute atomic E-state index is 12.2. The van der Waals surface area contributed by atoms with Crippen molar-refractivity contribution in [2.75, 3.05) is 7.11 Å². The smallest absolute Gasteiger partial charge is 0.365 e. The molecule has 0 spiro atoms. The second kappa shape index (κ2) is 8.51. The molecular formula is C21H22NO5+. The van der Waals surface area contributed by atoms with Gasteiger partial charge in [-0.25, -0.2) is 9.59 Å². The van der Waals surface area contributed by atoms with Crippen molar-refractivity contribution in [3.05, 3.63) is 76.1 Å². The Bertz CT molecular complexity index is 981. The Morgan fingerprint density at radius 1 is 1.15 bits per heavy atom. The number of hydrogen-bond acceptors (Lipinski definition) is 5. The Morgan fingerprint density at radius 3 is 2.67 bits per heavy atom. The van der Waals surface area contributed by atoms with Crippen molar-refractivity contribution in [3.63, 3.8) is 0 Å². The van der Waals surface area contributed by atoms with Crippen LogP contribution in [0.1, 0.15) is 17.5 Å². The maximum Gasteiger partial charge on any atom is 0.365 e. The first-order chi connectivity index (χ1) is 13.1. The van der Waals surface area contributed by atoms with E-state index in [-0.39, 0.29) is 12.6 Å². The summed E-state index contributed by atoms with van der Waals surface area (Å²) in [7, 11) is 1.55. The lowest BCUT2D eigenvalue weighted by molar-refractivity contribution is -0.409. The highest BCUT2D eigenvalue weighted by Crippen LogP contribution is 2.23. The molecule has 3 aromatic rings. The Labute approximate surface area is 156 Å². The van der Waals surface area contributed by atoms with Crippen molar-refractivity contribution in [2.45, 2.75) is 25.5 Å². The van der Waals surface area contributed by atoms with Crippen LogP contribution in [-0.2, 0) is 22.6 Å². The van der Waals surface area contributed by atoms with Gasteiger partial charge in [-0.2, -0.15) is 0 Å². The molecule has 1 aromatic heterocycles. The molecule has 3 rings (SSSR count). The molecule has 0 unspecified atom stereocenters. The van der Waals surface area contributed by atoms with Gasteiger partial charge in [-0.05, 0) is 29.7 Å². The normalized spacial score (nSPS) is 11.9. The van der Waals surface area contributed by atoms with E-state index in [4.69, 9.17) is 13.9 Å². The minimum atomic E-state index is -0.519. The minimum absolute atomic E-state index is 0.226. The van der Waals surface area contributed by atoms with E-state index in [1.165, 1.54) is 6.07 Å². The molecule has 0 saturated heterocycles. The van der Waals surface area contributed by atoms with Crippen LogP contribution in [0, 0.1) is 0 Å². The van der Waals surface area contributed by atoms with E-state index < -0.39 is 11.7 Å². The van der Waals surface area contributed by atoms with E-state index in [0.29, 0.717) is 24.2 Å². The van der Waals surface area contributed by atoms with Crippen LogP contribution < -0.4 is 16.1 Å². The summed E-state index contributed by atoms with van der Waals surface area (Å²) in [5.74, 6) is 0.259. The summed E-state index contributed by atoms with van der Waals surface area (Å²) in [6, 6.07) is 15.8. The second-order valence-corrected chi connectivity index (χ2v) is 6.28. The largest absolute Gasteiger partial charge is 0.497 e. The van der Waals surface area contributed by atoms with E-state index in [0.717, 1.165) is 16.5 Å². The van der Waals surface area contributed by atoms with E-state index >= 15 is 0 Å². The van der Waals surface area contributed by atoms with Crippen molar-refractivity contribution in [3.8, 4) is 5.75 Å². The number of aryl methyl sites for hydroxylation is 1. The molecule has 0 fully saturated rings. The summed E-state index contributed by atoms with van der Waals surface area (Å²) < 4.78 is 15.7. The van der Waals surface area contributed by atoms with Crippen molar-refractivity contribution < 1.29 is 24.4 Å². The fraction of sp³-hybridized carbons (Fsp3) is 0.238. The van der Waals surface area contributed by atoms with Crippen molar-refractivity contribution in [2.24, 2.45) is 0 Å². The van der Waals surface area contributed by atoms with Crippen LogP contribution in [0.2, 0.25) is 0 Å². The van der Waals surface area contributed by atoms with Crippen LogP contribution in [0.15, 0.2) is 63.8 Å². The van der Waals surface area contributed by atoms with Crippen LogP contribution in [0.3, 0.4) is 0 Å². The SMILES string of the molecule is COc1ccc2c(CC[C@H]([NH3+])C(=O)OCc3ccccc3)cc(=O)oc2c1. The predicted octanol–water partition coefficient (Wildman–Crippen LogP) is 2.09. The molecule has 0 aliphatic carbocycles. The Hall–Kier alpha value is -3.12. The van der Waals surface area contributed by atoms with Gasteiger partial charge in [0.25, 0.3) is 0 Å². The lowest BCUT2D eigenvalue weighted by Crippen LogP contribution is -2.65. The number of quaternary nitrogens is 1. The lowest BCUT2D eigenvalue weighted by atomic mass is 10.0.